The minimum Gasteiger partial charge on any atom is -0.492 e. The first-order valence-corrected chi connectivity index (χ1v) is 8.91. The molecule has 2 N–H and O–H groups in total. The number of carbonyl (C=O) groups is 1. The third kappa shape index (κ3) is 7.27. The molecule has 0 aromatic heterocycles. The number of hydrogen-bond donors (Lipinski definition) is 2. The second-order valence-corrected chi connectivity index (χ2v) is 7.18. The Labute approximate surface area is 159 Å². The summed E-state index contributed by atoms with van der Waals surface area (Å²) in [5, 5.41) is 5.78. The smallest absolute Gasteiger partial charge is 0.407 e. The standard InChI is InChI=1S/C21H27FN2O3/c1-21(2,3)27-20(25)24-9-10-26-19-12-15(14-23-4)11-17(13-19)16-5-7-18(22)8-6-16/h5-8,11-13,23H,9-10,14H2,1-4H3,(H,24,25). The monoisotopic (exact) mass is 374 g/mol. The molecule has 0 aliphatic rings. The highest BCUT2D eigenvalue weighted by atomic mass is 19.1. The van der Waals surface area contributed by atoms with Crippen LogP contribution in [0.15, 0.2) is 42.5 Å². The van der Waals surface area contributed by atoms with E-state index in [4.69, 9.17) is 9.47 Å². The number of rotatable bonds is 7. The van der Waals surface area contributed by atoms with Gasteiger partial charge in [-0.15, -0.1) is 0 Å². The van der Waals surface area contributed by atoms with E-state index >= 15 is 0 Å². The summed E-state index contributed by atoms with van der Waals surface area (Å²) in [6, 6.07) is 12.2. The highest BCUT2D eigenvalue weighted by Gasteiger charge is 2.15. The third-order valence-corrected chi connectivity index (χ3v) is 3.56. The Morgan fingerprint density at radius 3 is 2.41 bits per heavy atom. The Kier molecular flexibility index (Phi) is 7.19. The second-order valence-electron chi connectivity index (χ2n) is 7.18. The fraction of sp³-hybridized carbons (Fsp3) is 0.381. The molecule has 0 heterocycles. The zero-order valence-corrected chi connectivity index (χ0v) is 16.3. The molecule has 1 amide bonds. The molecule has 0 unspecified atom stereocenters. The van der Waals surface area contributed by atoms with Crippen LogP contribution in [0, 0.1) is 5.82 Å². The highest BCUT2D eigenvalue weighted by Crippen LogP contribution is 2.26. The zero-order chi connectivity index (χ0) is 19.9. The Morgan fingerprint density at radius 2 is 1.78 bits per heavy atom. The molecule has 2 rings (SSSR count). The van der Waals surface area contributed by atoms with Gasteiger partial charge in [-0.2, -0.15) is 0 Å². The lowest BCUT2D eigenvalue weighted by Gasteiger charge is -2.19. The predicted molar refractivity (Wildman–Crippen MR) is 104 cm³/mol. The predicted octanol–water partition coefficient (Wildman–Crippen LogP) is 4.12. The summed E-state index contributed by atoms with van der Waals surface area (Å²) in [6.45, 7) is 6.76. The molecule has 0 saturated carbocycles. The fourth-order valence-electron chi connectivity index (χ4n) is 2.50. The van der Waals surface area contributed by atoms with Gasteiger partial charge in [0, 0.05) is 6.54 Å². The molecule has 0 radical (unpaired) electrons. The maximum absolute atomic E-state index is 13.2. The largest absolute Gasteiger partial charge is 0.492 e. The Balaban J connectivity index is 2.01. The van der Waals surface area contributed by atoms with Crippen molar-refractivity contribution in [3.05, 3.63) is 53.8 Å². The van der Waals surface area contributed by atoms with Crippen LogP contribution >= 0.6 is 0 Å². The number of alkyl carbamates (subject to hydrolysis) is 1. The summed E-state index contributed by atoms with van der Waals surface area (Å²) in [4.78, 5) is 11.6. The van der Waals surface area contributed by atoms with E-state index in [1.165, 1.54) is 12.1 Å². The second kappa shape index (κ2) is 9.37. The van der Waals surface area contributed by atoms with E-state index in [1.54, 1.807) is 12.1 Å². The van der Waals surface area contributed by atoms with Crippen LogP contribution in [0.1, 0.15) is 26.3 Å². The molecular weight excluding hydrogens is 347 g/mol. The summed E-state index contributed by atoms with van der Waals surface area (Å²) >= 11 is 0. The van der Waals surface area contributed by atoms with Crippen LogP contribution < -0.4 is 15.4 Å². The number of ether oxygens (including phenoxy) is 2. The molecule has 0 aliphatic carbocycles. The van der Waals surface area contributed by atoms with Crippen molar-refractivity contribution in [1.29, 1.82) is 0 Å². The quantitative estimate of drug-likeness (QED) is 0.716. The van der Waals surface area contributed by atoms with Gasteiger partial charge in [-0.3, -0.25) is 0 Å². The van der Waals surface area contributed by atoms with Crippen molar-refractivity contribution in [2.75, 3.05) is 20.2 Å². The van der Waals surface area contributed by atoms with Gasteiger partial charge >= 0.3 is 6.09 Å². The SMILES string of the molecule is CNCc1cc(OCCNC(=O)OC(C)(C)C)cc(-c2ccc(F)cc2)c1. The number of halogens is 1. The van der Waals surface area contributed by atoms with Crippen molar-refractivity contribution in [2.24, 2.45) is 0 Å². The van der Waals surface area contributed by atoms with Crippen molar-refractivity contribution in [2.45, 2.75) is 32.9 Å². The molecule has 2 aromatic rings. The lowest BCUT2D eigenvalue weighted by molar-refractivity contribution is 0.0520. The maximum atomic E-state index is 13.2. The average molecular weight is 374 g/mol. The van der Waals surface area contributed by atoms with Gasteiger partial charge < -0.3 is 20.1 Å². The van der Waals surface area contributed by atoms with Crippen LogP contribution in [-0.4, -0.2) is 31.9 Å². The first-order valence-electron chi connectivity index (χ1n) is 8.91. The minimum atomic E-state index is -0.531. The van der Waals surface area contributed by atoms with Gasteiger partial charge in [0.15, 0.2) is 0 Å². The summed E-state index contributed by atoms with van der Waals surface area (Å²) in [6.07, 6.45) is -0.470. The van der Waals surface area contributed by atoms with Crippen LogP contribution in [0.2, 0.25) is 0 Å². The molecule has 0 fully saturated rings. The third-order valence-electron chi connectivity index (χ3n) is 3.56. The van der Waals surface area contributed by atoms with E-state index in [1.807, 2.05) is 46.0 Å². The summed E-state index contributed by atoms with van der Waals surface area (Å²) in [5.41, 5.74) is 2.37. The zero-order valence-electron chi connectivity index (χ0n) is 16.3. The fourth-order valence-corrected chi connectivity index (χ4v) is 2.50. The van der Waals surface area contributed by atoms with Crippen molar-refractivity contribution < 1.29 is 18.7 Å². The Hall–Kier alpha value is -2.60. The molecule has 0 spiro atoms. The molecule has 0 aliphatic heterocycles. The van der Waals surface area contributed by atoms with Gasteiger partial charge in [0.2, 0.25) is 0 Å². The lowest BCUT2D eigenvalue weighted by atomic mass is 10.0. The number of benzene rings is 2. The van der Waals surface area contributed by atoms with E-state index in [0.29, 0.717) is 25.4 Å². The van der Waals surface area contributed by atoms with Gasteiger partial charge in [0.1, 0.15) is 23.8 Å². The van der Waals surface area contributed by atoms with E-state index in [0.717, 1.165) is 16.7 Å². The number of hydrogen-bond acceptors (Lipinski definition) is 4. The summed E-state index contributed by atoms with van der Waals surface area (Å²) < 4.78 is 24.1. The van der Waals surface area contributed by atoms with Crippen molar-refractivity contribution >= 4 is 6.09 Å². The molecule has 146 valence electrons. The Morgan fingerprint density at radius 1 is 1.07 bits per heavy atom. The topological polar surface area (TPSA) is 59.6 Å². The lowest BCUT2D eigenvalue weighted by Crippen LogP contribution is -2.34. The first-order chi connectivity index (χ1) is 12.8. The van der Waals surface area contributed by atoms with Crippen molar-refractivity contribution in [3.8, 4) is 16.9 Å². The maximum Gasteiger partial charge on any atom is 0.407 e. The summed E-state index contributed by atoms with van der Waals surface area (Å²) in [5.74, 6) is 0.419. The molecule has 5 nitrogen and oxygen atoms in total. The summed E-state index contributed by atoms with van der Waals surface area (Å²) in [7, 11) is 1.87. The van der Waals surface area contributed by atoms with E-state index in [9.17, 15) is 9.18 Å². The van der Waals surface area contributed by atoms with Crippen LogP contribution in [0.3, 0.4) is 0 Å². The van der Waals surface area contributed by atoms with Gasteiger partial charge in [0.25, 0.3) is 0 Å². The van der Waals surface area contributed by atoms with Gasteiger partial charge in [-0.25, -0.2) is 9.18 Å². The first kappa shape index (κ1) is 20.7. The van der Waals surface area contributed by atoms with Gasteiger partial charge in [-0.05, 0) is 74.8 Å². The molecule has 6 heteroatoms. The van der Waals surface area contributed by atoms with Crippen LogP contribution in [0.5, 0.6) is 5.75 Å². The Bertz CT molecular complexity index is 755. The molecular formula is C21H27FN2O3. The number of amides is 1. The van der Waals surface area contributed by atoms with Gasteiger partial charge in [-0.1, -0.05) is 12.1 Å². The molecule has 2 aromatic carbocycles. The minimum absolute atomic E-state index is 0.269. The van der Waals surface area contributed by atoms with E-state index in [-0.39, 0.29) is 5.82 Å². The van der Waals surface area contributed by atoms with Crippen molar-refractivity contribution in [1.82, 2.24) is 10.6 Å². The van der Waals surface area contributed by atoms with Crippen LogP contribution in [-0.2, 0) is 11.3 Å². The molecule has 0 bridgehead atoms. The average Bonchev–Trinajstić information content (AvgIpc) is 2.58. The van der Waals surface area contributed by atoms with Crippen LogP contribution in [0.25, 0.3) is 11.1 Å². The molecule has 27 heavy (non-hydrogen) atoms. The molecule has 0 atom stereocenters. The highest BCUT2D eigenvalue weighted by molar-refractivity contribution is 5.67. The number of nitrogens with one attached hydrogen (secondary N) is 2. The van der Waals surface area contributed by atoms with Crippen molar-refractivity contribution in [3.63, 3.8) is 0 Å². The normalized spacial score (nSPS) is 11.1. The van der Waals surface area contributed by atoms with E-state index < -0.39 is 11.7 Å². The van der Waals surface area contributed by atoms with E-state index in [2.05, 4.69) is 10.6 Å². The van der Waals surface area contributed by atoms with Gasteiger partial charge in [0.05, 0.1) is 6.54 Å². The van der Waals surface area contributed by atoms with Crippen LogP contribution in [0.4, 0.5) is 9.18 Å². The number of carbonyl (C=O) groups excluding carboxylic acids is 1. The molecule has 0 saturated heterocycles.